The van der Waals surface area contributed by atoms with E-state index in [9.17, 15) is 0 Å². The Morgan fingerprint density at radius 1 is 1.06 bits per heavy atom. The van der Waals surface area contributed by atoms with E-state index in [0.717, 1.165) is 87.2 Å². The van der Waals surface area contributed by atoms with Crippen molar-refractivity contribution in [2.75, 3.05) is 49.2 Å². The lowest BCUT2D eigenvalue weighted by Crippen LogP contribution is -2.73. The standard InChI is InChI=1S/C25H25ClN8O/c26-18-4-5-21-17(8-18)10-31(20-6-7-35-12-20)11-23-29-30-24(34(21)23)33-15-25(16-33)13-32(14-25)22-3-1-2-19(9-27)28-22/h1-5,8,20H,6-7,10-16H2/t20-/m0/s1. The zero-order valence-electron chi connectivity index (χ0n) is 19.3. The van der Waals surface area contributed by atoms with Gasteiger partial charge in [0.2, 0.25) is 5.95 Å². The molecular formula is C25H25ClN8O. The number of ether oxygens (including phenoxy) is 1. The summed E-state index contributed by atoms with van der Waals surface area (Å²) >= 11 is 6.40. The molecule has 10 heteroatoms. The fourth-order valence-corrected chi connectivity index (χ4v) is 6.17. The maximum atomic E-state index is 9.15. The molecule has 7 rings (SSSR count). The first-order valence-corrected chi connectivity index (χ1v) is 12.4. The SMILES string of the molecule is N#Cc1cccc(N2CC3(C2)CN(c2nnc4n2-c2ccc(Cl)cc2CN([C@H]2CCOC2)C4)C3)n1. The molecule has 9 nitrogen and oxygen atoms in total. The van der Waals surface area contributed by atoms with Crippen molar-refractivity contribution < 1.29 is 4.74 Å². The first-order chi connectivity index (χ1) is 17.1. The van der Waals surface area contributed by atoms with Crippen molar-refractivity contribution in [3.63, 3.8) is 0 Å². The fraction of sp³-hybridized carbons (Fsp3) is 0.440. The van der Waals surface area contributed by atoms with E-state index in [1.54, 1.807) is 6.07 Å². The molecular weight excluding hydrogens is 464 g/mol. The molecule has 0 N–H and O–H groups in total. The summed E-state index contributed by atoms with van der Waals surface area (Å²) in [5, 5.41) is 19.2. The molecule has 2 aromatic heterocycles. The Morgan fingerprint density at radius 3 is 2.71 bits per heavy atom. The normalized spacial score (nSPS) is 22.7. The molecule has 0 aliphatic carbocycles. The number of hydrogen-bond acceptors (Lipinski definition) is 8. The molecule has 3 fully saturated rings. The Bertz CT molecular complexity index is 1330. The van der Waals surface area contributed by atoms with Gasteiger partial charge in [0.15, 0.2) is 5.82 Å². The second kappa shape index (κ2) is 7.92. The van der Waals surface area contributed by atoms with Crippen LogP contribution < -0.4 is 9.80 Å². The lowest BCUT2D eigenvalue weighted by Gasteiger charge is -2.60. The third-order valence-electron chi connectivity index (χ3n) is 7.70. The highest BCUT2D eigenvalue weighted by Crippen LogP contribution is 2.44. The number of halogens is 1. The van der Waals surface area contributed by atoms with E-state index in [4.69, 9.17) is 21.6 Å². The Balaban J connectivity index is 1.13. The summed E-state index contributed by atoms with van der Waals surface area (Å²) in [6, 6.07) is 14.2. The van der Waals surface area contributed by atoms with Gasteiger partial charge in [0.05, 0.1) is 18.8 Å². The molecule has 35 heavy (non-hydrogen) atoms. The monoisotopic (exact) mass is 488 g/mol. The Morgan fingerprint density at radius 2 is 1.91 bits per heavy atom. The van der Waals surface area contributed by atoms with E-state index < -0.39 is 0 Å². The van der Waals surface area contributed by atoms with Crippen LogP contribution in [-0.4, -0.2) is 70.1 Å². The second-order valence-corrected chi connectivity index (χ2v) is 10.6. The molecule has 178 valence electrons. The van der Waals surface area contributed by atoms with Gasteiger partial charge in [-0.1, -0.05) is 17.7 Å². The van der Waals surface area contributed by atoms with E-state index in [0.29, 0.717) is 11.7 Å². The minimum Gasteiger partial charge on any atom is -0.380 e. The molecule has 0 saturated carbocycles. The number of benzene rings is 1. The number of anilines is 2. The second-order valence-electron chi connectivity index (χ2n) is 10.2. The molecule has 3 aromatic rings. The third-order valence-corrected chi connectivity index (χ3v) is 7.93. The van der Waals surface area contributed by atoms with Crippen LogP contribution in [0, 0.1) is 16.7 Å². The van der Waals surface area contributed by atoms with Gasteiger partial charge in [-0.15, -0.1) is 10.2 Å². The summed E-state index contributed by atoms with van der Waals surface area (Å²) < 4.78 is 7.90. The number of hydrogen-bond donors (Lipinski definition) is 0. The van der Waals surface area contributed by atoms with Crippen LogP contribution in [-0.2, 0) is 17.8 Å². The van der Waals surface area contributed by atoms with Crippen molar-refractivity contribution in [3.05, 3.63) is 58.5 Å². The van der Waals surface area contributed by atoms with Crippen molar-refractivity contribution >= 4 is 23.4 Å². The van der Waals surface area contributed by atoms with Gasteiger partial charge in [-0.2, -0.15) is 5.26 Å². The van der Waals surface area contributed by atoms with Crippen LogP contribution in [0.25, 0.3) is 5.69 Å². The summed E-state index contributed by atoms with van der Waals surface area (Å²) in [7, 11) is 0. The quantitative estimate of drug-likeness (QED) is 0.556. The van der Waals surface area contributed by atoms with Crippen LogP contribution in [0.3, 0.4) is 0 Å². The van der Waals surface area contributed by atoms with Crippen LogP contribution >= 0.6 is 11.6 Å². The molecule has 0 radical (unpaired) electrons. The van der Waals surface area contributed by atoms with Crippen LogP contribution in [0.5, 0.6) is 0 Å². The van der Waals surface area contributed by atoms with E-state index in [1.165, 1.54) is 5.56 Å². The van der Waals surface area contributed by atoms with Gasteiger partial charge in [0.1, 0.15) is 17.6 Å². The number of rotatable bonds is 3. The van der Waals surface area contributed by atoms with Gasteiger partial charge in [0.25, 0.3) is 0 Å². The highest BCUT2D eigenvalue weighted by atomic mass is 35.5. The van der Waals surface area contributed by atoms with Gasteiger partial charge in [-0.05, 0) is 42.3 Å². The highest BCUT2D eigenvalue weighted by Gasteiger charge is 2.53. The molecule has 6 heterocycles. The number of nitriles is 1. The third kappa shape index (κ3) is 3.47. The zero-order valence-corrected chi connectivity index (χ0v) is 20.0. The van der Waals surface area contributed by atoms with E-state index >= 15 is 0 Å². The lowest BCUT2D eigenvalue weighted by molar-refractivity contribution is 0.133. The molecule has 4 aliphatic rings. The van der Waals surface area contributed by atoms with Crippen molar-refractivity contribution in [1.82, 2.24) is 24.6 Å². The summed E-state index contributed by atoms with van der Waals surface area (Å²) in [4.78, 5) is 11.5. The lowest BCUT2D eigenvalue weighted by atomic mass is 9.73. The predicted octanol–water partition coefficient (Wildman–Crippen LogP) is 2.62. The fourth-order valence-electron chi connectivity index (χ4n) is 5.98. The number of pyridine rings is 1. The molecule has 4 aliphatic heterocycles. The Hall–Kier alpha value is -3.19. The zero-order chi connectivity index (χ0) is 23.6. The average Bonchev–Trinajstić information content (AvgIpc) is 3.45. The topological polar surface area (TPSA) is 86.3 Å². The molecule has 3 saturated heterocycles. The van der Waals surface area contributed by atoms with Crippen molar-refractivity contribution in [2.45, 2.75) is 25.6 Å². The Kier molecular flexibility index (Phi) is 4.78. The molecule has 0 unspecified atom stereocenters. The summed E-state index contributed by atoms with van der Waals surface area (Å²) in [5.41, 5.74) is 3.00. The summed E-state index contributed by atoms with van der Waals surface area (Å²) in [6.07, 6.45) is 1.04. The minimum absolute atomic E-state index is 0.234. The number of aromatic nitrogens is 4. The van der Waals surface area contributed by atoms with Gasteiger partial charge in [-0.25, -0.2) is 4.98 Å². The summed E-state index contributed by atoms with van der Waals surface area (Å²) in [5.74, 6) is 2.75. The molecule has 0 amide bonds. The first kappa shape index (κ1) is 21.1. The van der Waals surface area contributed by atoms with Crippen LogP contribution in [0.15, 0.2) is 36.4 Å². The van der Waals surface area contributed by atoms with Crippen molar-refractivity contribution in [3.8, 4) is 11.8 Å². The number of nitrogens with zero attached hydrogens (tertiary/aromatic N) is 8. The molecule has 1 spiro atoms. The van der Waals surface area contributed by atoms with Gasteiger partial charge < -0.3 is 14.5 Å². The molecule has 0 bridgehead atoms. The van der Waals surface area contributed by atoms with Crippen LogP contribution in [0.2, 0.25) is 5.02 Å². The molecule has 1 aromatic carbocycles. The first-order valence-electron chi connectivity index (χ1n) is 12.0. The van der Waals surface area contributed by atoms with Gasteiger partial charge >= 0.3 is 0 Å². The van der Waals surface area contributed by atoms with Crippen LogP contribution in [0.4, 0.5) is 11.8 Å². The molecule has 1 atom stereocenters. The van der Waals surface area contributed by atoms with E-state index in [-0.39, 0.29) is 5.41 Å². The van der Waals surface area contributed by atoms with Crippen molar-refractivity contribution in [1.29, 1.82) is 5.26 Å². The average molecular weight is 489 g/mol. The minimum atomic E-state index is 0.234. The van der Waals surface area contributed by atoms with Gasteiger partial charge in [-0.3, -0.25) is 9.47 Å². The van der Waals surface area contributed by atoms with Gasteiger partial charge in [0, 0.05) is 55.8 Å². The van der Waals surface area contributed by atoms with E-state index in [2.05, 4.69) is 52.7 Å². The van der Waals surface area contributed by atoms with E-state index in [1.807, 2.05) is 18.2 Å². The maximum absolute atomic E-state index is 9.15. The number of fused-ring (bicyclic) bond motifs is 3. The maximum Gasteiger partial charge on any atom is 0.231 e. The van der Waals surface area contributed by atoms with Crippen molar-refractivity contribution in [2.24, 2.45) is 5.41 Å². The van der Waals surface area contributed by atoms with Crippen LogP contribution in [0.1, 0.15) is 23.5 Å². The summed E-state index contributed by atoms with van der Waals surface area (Å²) in [6.45, 7) is 6.87. The smallest absolute Gasteiger partial charge is 0.231 e. The Labute approximate surface area is 208 Å². The largest absolute Gasteiger partial charge is 0.380 e. The predicted molar refractivity (Wildman–Crippen MR) is 131 cm³/mol. The highest BCUT2D eigenvalue weighted by molar-refractivity contribution is 6.30.